The molecule has 0 amide bonds. The first kappa shape index (κ1) is 13.2. The molecule has 1 N–H and O–H groups in total. The third-order valence-electron chi connectivity index (χ3n) is 2.75. The maximum absolute atomic E-state index is 11.3. The summed E-state index contributed by atoms with van der Waals surface area (Å²) in [6.45, 7) is 11.4. The third kappa shape index (κ3) is 3.61. The second-order valence-electron chi connectivity index (χ2n) is 4.53. The van der Waals surface area contributed by atoms with Gasteiger partial charge in [0.1, 0.15) is 6.23 Å². The predicted molar refractivity (Wildman–Crippen MR) is 61.8 cm³/mol. The van der Waals surface area contributed by atoms with Crippen molar-refractivity contribution >= 4 is 5.97 Å². The van der Waals surface area contributed by atoms with Crippen LogP contribution in [-0.4, -0.2) is 32.0 Å². The zero-order valence-electron chi connectivity index (χ0n) is 10.3. The normalized spacial score (nSPS) is 22.1. The summed E-state index contributed by atoms with van der Waals surface area (Å²) in [7, 11) is 0. The highest BCUT2D eigenvalue weighted by Crippen LogP contribution is 2.19. The number of hydrogen-bond donors (Lipinski definition) is 1. The maximum atomic E-state index is 11.3. The lowest BCUT2D eigenvalue weighted by Crippen LogP contribution is -2.38. The van der Waals surface area contributed by atoms with Gasteiger partial charge in [-0.2, -0.15) is 0 Å². The van der Waals surface area contributed by atoms with Crippen LogP contribution in [0.3, 0.4) is 0 Å². The zero-order valence-corrected chi connectivity index (χ0v) is 10.3. The molecule has 4 heteroatoms. The van der Waals surface area contributed by atoms with Gasteiger partial charge in [0.25, 0.3) is 0 Å². The Balaban J connectivity index is 2.45. The molecule has 1 heterocycles. The van der Waals surface area contributed by atoms with Crippen LogP contribution < -0.4 is 5.32 Å². The Hall–Kier alpha value is -0.870. The van der Waals surface area contributed by atoms with Crippen LogP contribution in [0.5, 0.6) is 0 Å². The van der Waals surface area contributed by atoms with Gasteiger partial charge in [-0.15, -0.1) is 0 Å². The summed E-state index contributed by atoms with van der Waals surface area (Å²) in [5.74, 6) is 0.253. The predicted octanol–water partition coefficient (Wildman–Crippen LogP) is 1.32. The summed E-state index contributed by atoms with van der Waals surface area (Å²) in [5, 5.41) is 3.26. The third-order valence-corrected chi connectivity index (χ3v) is 2.75. The molecule has 0 spiro atoms. The van der Waals surface area contributed by atoms with Crippen LogP contribution >= 0.6 is 0 Å². The van der Waals surface area contributed by atoms with Gasteiger partial charge < -0.3 is 9.47 Å². The minimum absolute atomic E-state index is 0.00192. The van der Waals surface area contributed by atoms with E-state index in [1.54, 1.807) is 6.92 Å². The molecule has 2 atom stereocenters. The van der Waals surface area contributed by atoms with E-state index >= 15 is 0 Å². The lowest BCUT2D eigenvalue weighted by molar-refractivity contribution is -0.142. The van der Waals surface area contributed by atoms with Crippen LogP contribution in [0.25, 0.3) is 0 Å². The van der Waals surface area contributed by atoms with Gasteiger partial charge in [0.15, 0.2) is 0 Å². The Morgan fingerprint density at radius 1 is 1.62 bits per heavy atom. The van der Waals surface area contributed by atoms with Crippen LogP contribution in [0.1, 0.15) is 20.8 Å². The summed E-state index contributed by atoms with van der Waals surface area (Å²) < 4.78 is 10.7. The van der Waals surface area contributed by atoms with Gasteiger partial charge in [0, 0.05) is 18.0 Å². The minimum atomic E-state index is -0.330. The first-order chi connectivity index (χ1) is 7.52. The molecule has 0 bridgehead atoms. The van der Waals surface area contributed by atoms with Gasteiger partial charge in [-0.3, -0.25) is 5.32 Å². The smallest absolute Gasteiger partial charge is 0.333 e. The SMILES string of the molecule is C=C(C)C(=O)OCC(C(C)C)C1NCCO1. The van der Waals surface area contributed by atoms with Crippen molar-refractivity contribution in [3.8, 4) is 0 Å². The van der Waals surface area contributed by atoms with E-state index in [1.165, 1.54) is 0 Å². The van der Waals surface area contributed by atoms with E-state index in [4.69, 9.17) is 9.47 Å². The summed E-state index contributed by atoms with van der Waals surface area (Å²) in [6, 6.07) is 0. The summed E-state index contributed by atoms with van der Waals surface area (Å²) in [5.41, 5.74) is 0.433. The molecule has 0 aromatic rings. The highest BCUT2D eigenvalue weighted by molar-refractivity contribution is 5.86. The van der Waals surface area contributed by atoms with E-state index in [0.29, 0.717) is 18.1 Å². The van der Waals surface area contributed by atoms with Crippen LogP contribution in [0, 0.1) is 11.8 Å². The standard InChI is InChI=1S/C12H21NO3/c1-8(2)10(11-13-5-6-15-11)7-16-12(14)9(3)4/h8,10-11,13H,3,5-7H2,1-2,4H3. The number of ether oxygens (including phenoxy) is 2. The van der Waals surface area contributed by atoms with E-state index < -0.39 is 0 Å². The van der Waals surface area contributed by atoms with E-state index in [0.717, 1.165) is 13.2 Å². The molecule has 0 aromatic carbocycles. The first-order valence-electron chi connectivity index (χ1n) is 5.70. The van der Waals surface area contributed by atoms with Crippen LogP contribution in [0.15, 0.2) is 12.2 Å². The molecule has 0 radical (unpaired) electrons. The molecular weight excluding hydrogens is 206 g/mol. The molecule has 1 aliphatic rings. The Labute approximate surface area is 97.0 Å². The lowest BCUT2D eigenvalue weighted by Gasteiger charge is -2.26. The number of hydrogen-bond acceptors (Lipinski definition) is 4. The number of nitrogens with one attached hydrogen (secondary N) is 1. The van der Waals surface area contributed by atoms with Gasteiger partial charge in [-0.1, -0.05) is 20.4 Å². The molecule has 0 saturated carbocycles. The number of carbonyl (C=O) groups is 1. The first-order valence-corrected chi connectivity index (χ1v) is 5.70. The van der Waals surface area contributed by atoms with Crippen molar-refractivity contribution in [2.45, 2.75) is 27.0 Å². The van der Waals surface area contributed by atoms with Gasteiger partial charge in [-0.05, 0) is 12.8 Å². The van der Waals surface area contributed by atoms with Gasteiger partial charge >= 0.3 is 5.97 Å². The largest absolute Gasteiger partial charge is 0.462 e. The van der Waals surface area contributed by atoms with Crippen molar-refractivity contribution in [3.63, 3.8) is 0 Å². The minimum Gasteiger partial charge on any atom is -0.462 e. The highest BCUT2D eigenvalue weighted by atomic mass is 16.5. The number of carbonyl (C=O) groups excluding carboxylic acids is 1. The Morgan fingerprint density at radius 3 is 2.75 bits per heavy atom. The van der Waals surface area contributed by atoms with Crippen LogP contribution in [-0.2, 0) is 14.3 Å². The quantitative estimate of drug-likeness (QED) is 0.568. The molecule has 0 aliphatic carbocycles. The Bertz CT molecular complexity index is 257. The van der Waals surface area contributed by atoms with E-state index in [1.807, 2.05) is 0 Å². The number of esters is 1. The van der Waals surface area contributed by atoms with Crippen molar-refractivity contribution in [3.05, 3.63) is 12.2 Å². The van der Waals surface area contributed by atoms with Crippen molar-refractivity contribution in [2.75, 3.05) is 19.8 Å². The van der Waals surface area contributed by atoms with Gasteiger partial charge in [0.05, 0.1) is 13.2 Å². The molecular formula is C12H21NO3. The molecule has 1 saturated heterocycles. The second-order valence-corrected chi connectivity index (χ2v) is 4.53. The Kier molecular flexibility index (Phi) is 4.96. The molecule has 92 valence electrons. The van der Waals surface area contributed by atoms with E-state index in [2.05, 4.69) is 25.7 Å². The van der Waals surface area contributed by atoms with E-state index in [9.17, 15) is 4.79 Å². The topological polar surface area (TPSA) is 47.6 Å². The van der Waals surface area contributed by atoms with E-state index in [-0.39, 0.29) is 18.1 Å². The molecule has 0 aromatic heterocycles. The van der Waals surface area contributed by atoms with Crippen molar-refractivity contribution in [1.29, 1.82) is 0 Å². The van der Waals surface area contributed by atoms with Crippen molar-refractivity contribution in [2.24, 2.45) is 11.8 Å². The van der Waals surface area contributed by atoms with Crippen LogP contribution in [0.2, 0.25) is 0 Å². The zero-order chi connectivity index (χ0) is 12.1. The number of rotatable bonds is 5. The summed E-state index contributed by atoms with van der Waals surface area (Å²) in [6.07, 6.45) is -0.00192. The fraction of sp³-hybridized carbons (Fsp3) is 0.750. The van der Waals surface area contributed by atoms with Gasteiger partial charge in [-0.25, -0.2) is 4.79 Å². The Morgan fingerprint density at radius 2 is 2.31 bits per heavy atom. The lowest BCUT2D eigenvalue weighted by atomic mass is 9.95. The molecule has 1 fully saturated rings. The van der Waals surface area contributed by atoms with Crippen molar-refractivity contribution < 1.29 is 14.3 Å². The van der Waals surface area contributed by atoms with Gasteiger partial charge in [0.2, 0.25) is 0 Å². The molecule has 1 aliphatic heterocycles. The molecule has 1 rings (SSSR count). The molecule has 2 unspecified atom stereocenters. The van der Waals surface area contributed by atoms with Crippen molar-refractivity contribution in [1.82, 2.24) is 5.32 Å². The summed E-state index contributed by atoms with van der Waals surface area (Å²) in [4.78, 5) is 11.3. The second kappa shape index (κ2) is 6.01. The fourth-order valence-corrected chi connectivity index (χ4v) is 1.65. The molecule has 4 nitrogen and oxygen atoms in total. The fourth-order valence-electron chi connectivity index (χ4n) is 1.65. The summed E-state index contributed by atoms with van der Waals surface area (Å²) >= 11 is 0. The average molecular weight is 227 g/mol. The maximum Gasteiger partial charge on any atom is 0.333 e. The highest BCUT2D eigenvalue weighted by Gasteiger charge is 2.29. The average Bonchev–Trinajstić information content (AvgIpc) is 2.70. The van der Waals surface area contributed by atoms with Crippen LogP contribution in [0.4, 0.5) is 0 Å². The monoisotopic (exact) mass is 227 g/mol. The molecule has 16 heavy (non-hydrogen) atoms.